The molecule has 0 saturated heterocycles. The number of anilines is 2. The minimum atomic E-state index is -0.774. The second-order valence-corrected chi connectivity index (χ2v) is 2.22. The molecule has 6 heteroatoms. The first kappa shape index (κ1) is 15.9. The zero-order chi connectivity index (χ0) is 8.43. The van der Waals surface area contributed by atoms with Crippen molar-refractivity contribution in [3.63, 3.8) is 0 Å². The van der Waals surface area contributed by atoms with Gasteiger partial charge in [-0.2, -0.15) is 0 Å². The molecule has 64 valence electrons. The Morgan fingerprint density at radius 2 is 1.46 bits per heavy atom. The molecule has 4 nitrogen and oxygen atoms in total. The third kappa shape index (κ3) is 5.06. The van der Waals surface area contributed by atoms with E-state index >= 15 is 0 Å². The standard InChI is InChI=1S/C7H9N3O.2Y/c8-5-1-4(7(10)11)2-6(9)3-5;;/h1-3H,8-9H2,(H2,10,11);;/p-1. The molecule has 0 aliphatic rings. The van der Waals surface area contributed by atoms with Crippen LogP contribution in [0.3, 0.4) is 0 Å². The Morgan fingerprint density at radius 1 is 1.08 bits per heavy atom. The van der Waals surface area contributed by atoms with Crippen molar-refractivity contribution in [3.8, 4) is 0 Å². The summed E-state index contributed by atoms with van der Waals surface area (Å²) < 4.78 is 0. The van der Waals surface area contributed by atoms with Crippen LogP contribution in [0.25, 0.3) is 5.73 Å². The summed E-state index contributed by atoms with van der Waals surface area (Å²) in [6.07, 6.45) is 0. The van der Waals surface area contributed by atoms with Crippen LogP contribution in [0.5, 0.6) is 0 Å². The van der Waals surface area contributed by atoms with Gasteiger partial charge in [0, 0.05) is 82.4 Å². The van der Waals surface area contributed by atoms with Gasteiger partial charge in [0.1, 0.15) is 0 Å². The molecule has 2 radical (unpaired) electrons. The molecule has 0 unspecified atom stereocenters. The van der Waals surface area contributed by atoms with Crippen LogP contribution in [-0.4, -0.2) is 5.91 Å². The van der Waals surface area contributed by atoms with E-state index < -0.39 is 5.91 Å². The molecule has 0 atom stereocenters. The number of rotatable bonds is 1. The van der Waals surface area contributed by atoms with Crippen LogP contribution in [0, 0.1) is 0 Å². The molecule has 0 spiro atoms. The smallest absolute Gasteiger partial charge is 0.0797 e. The fourth-order valence-corrected chi connectivity index (χ4v) is 0.808. The summed E-state index contributed by atoms with van der Waals surface area (Å²) in [5.74, 6) is -0.774. The van der Waals surface area contributed by atoms with Crippen LogP contribution in [0.15, 0.2) is 18.2 Å². The number of nitrogens with one attached hydrogen (secondary N) is 1. The minimum Gasteiger partial charge on any atom is -0.664 e. The molecule has 0 saturated carbocycles. The van der Waals surface area contributed by atoms with E-state index in [9.17, 15) is 4.79 Å². The predicted molar refractivity (Wildman–Crippen MR) is 43.9 cm³/mol. The second kappa shape index (κ2) is 6.88. The van der Waals surface area contributed by atoms with Gasteiger partial charge in [0.05, 0.1) is 5.91 Å². The van der Waals surface area contributed by atoms with Crippen molar-refractivity contribution in [2.75, 3.05) is 11.5 Å². The molecule has 5 N–H and O–H groups in total. The van der Waals surface area contributed by atoms with Crippen LogP contribution < -0.4 is 11.5 Å². The molecule has 0 heterocycles. The van der Waals surface area contributed by atoms with Crippen molar-refractivity contribution in [2.24, 2.45) is 0 Å². The number of benzene rings is 1. The summed E-state index contributed by atoms with van der Waals surface area (Å²) >= 11 is 0. The molecule has 1 rings (SSSR count). The second-order valence-electron chi connectivity index (χ2n) is 2.22. The van der Waals surface area contributed by atoms with E-state index in [-0.39, 0.29) is 71.0 Å². The third-order valence-corrected chi connectivity index (χ3v) is 1.24. The normalized spacial score (nSPS) is 8.00. The summed E-state index contributed by atoms with van der Waals surface area (Å²) in [6.45, 7) is 0. The van der Waals surface area contributed by atoms with E-state index in [0.29, 0.717) is 11.4 Å². The predicted octanol–water partition coefficient (Wildman–Crippen LogP) is 1.04. The van der Waals surface area contributed by atoms with E-state index in [1.807, 2.05) is 0 Å². The van der Waals surface area contributed by atoms with Gasteiger partial charge in [0.25, 0.3) is 0 Å². The van der Waals surface area contributed by atoms with Crippen LogP contribution in [0.4, 0.5) is 11.4 Å². The van der Waals surface area contributed by atoms with Gasteiger partial charge in [-0.1, -0.05) is 0 Å². The Balaban J connectivity index is 0. The zero-order valence-electron chi connectivity index (χ0n) is 6.95. The number of amides is 1. The molecule has 1 aromatic rings. The molecule has 0 bridgehead atoms. The SMILES string of the molecule is [NH-]C(=O)c1cc(N)cc(N)c1.[Y].[Y]. The van der Waals surface area contributed by atoms with Crippen LogP contribution in [-0.2, 0) is 65.4 Å². The average Bonchev–Trinajstić information content (AvgIpc) is 1.85. The van der Waals surface area contributed by atoms with E-state index in [1.54, 1.807) is 0 Å². The quantitative estimate of drug-likeness (QED) is 0.755. The summed E-state index contributed by atoms with van der Waals surface area (Å²) in [7, 11) is 0. The van der Waals surface area contributed by atoms with Crippen molar-refractivity contribution in [1.29, 1.82) is 0 Å². The van der Waals surface area contributed by atoms with Crippen molar-refractivity contribution >= 4 is 17.3 Å². The maximum Gasteiger partial charge on any atom is 0.0797 e. The van der Waals surface area contributed by atoms with Crippen LogP contribution in [0.2, 0.25) is 0 Å². The molecule has 0 aliphatic heterocycles. The number of carbonyl (C=O) groups is 1. The molecule has 13 heavy (non-hydrogen) atoms. The van der Waals surface area contributed by atoms with Crippen molar-refractivity contribution < 1.29 is 70.2 Å². The number of hydrogen-bond acceptors (Lipinski definition) is 3. The molecule has 0 aliphatic carbocycles. The van der Waals surface area contributed by atoms with Crippen LogP contribution in [0.1, 0.15) is 10.4 Å². The van der Waals surface area contributed by atoms with Crippen molar-refractivity contribution in [1.82, 2.24) is 0 Å². The van der Waals surface area contributed by atoms with E-state index in [0.717, 1.165) is 0 Å². The molecular weight excluding hydrogens is 320 g/mol. The summed E-state index contributed by atoms with van der Waals surface area (Å²) in [5.41, 5.74) is 18.6. The first-order valence-corrected chi connectivity index (χ1v) is 3.01. The number of carbonyl (C=O) groups excluding carboxylic acids is 1. The Bertz CT molecular complexity index is 284. The number of hydrogen-bond donors (Lipinski definition) is 2. The Morgan fingerprint density at radius 3 is 1.77 bits per heavy atom. The fraction of sp³-hybridized carbons (Fsp3) is 0. The van der Waals surface area contributed by atoms with Crippen molar-refractivity contribution in [2.45, 2.75) is 0 Å². The molecule has 0 fully saturated rings. The first-order valence-electron chi connectivity index (χ1n) is 3.01. The molecular formula is C7H8N3OY2-. The largest absolute Gasteiger partial charge is 0.664 e. The maximum absolute atomic E-state index is 10.5. The van der Waals surface area contributed by atoms with Crippen LogP contribution >= 0.6 is 0 Å². The fourth-order valence-electron chi connectivity index (χ4n) is 0.808. The average molecular weight is 328 g/mol. The zero-order valence-corrected chi connectivity index (χ0v) is 12.6. The molecule has 0 aromatic heterocycles. The Kier molecular flexibility index (Phi) is 8.44. The third-order valence-electron chi connectivity index (χ3n) is 1.24. The summed E-state index contributed by atoms with van der Waals surface area (Å²) in [6, 6.07) is 4.38. The van der Waals surface area contributed by atoms with Gasteiger partial charge < -0.3 is 22.0 Å². The topological polar surface area (TPSA) is 92.9 Å². The van der Waals surface area contributed by atoms with Gasteiger partial charge in [-0.15, -0.1) is 0 Å². The summed E-state index contributed by atoms with van der Waals surface area (Å²) in [5, 5.41) is 0. The van der Waals surface area contributed by atoms with E-state index in [1.165, 1.54) is 18.2 Å². The van der Waals surface area contributed by atoms with Crippen molar-refractivity contribution in [3.05, 3.63) is 29.5 Å². The Hall–Kier alpha value is 0.498. The number of nitrogen functional groups attached to an aromatic ring is 2. The van der Waals surface area contributed by atoms with Gasteiger partial charge in [-0.3, -0.25) is 0 Å². The van der Waals surface area contributed by atoms with Gasteiger partial charge in [-0.25, -0.2) is 0 Å². The first-order chi connectivity index (χ1) is 5.09. The van der Waals surface area contributed by atoms with E-state index in [2.05, 4.69) is 0 Å². The van der Waals surface area contributed by atoms with Gasteiger partial charge >= 0.3 is 0 Å². The van der Waals surface area contributed by atoms with E-state index in [4.69, 9.17) is 17.2 Å². The number of nitrogens with two attached hydrogens (primary N) is 2. The molecule has 1 amide bonds. The summed E-state index contributed by atoms with van der Waals surface area (Å²) in [4.78, 5) is 10.5. The van der Waals surface area contributed by atoms with Gasteiger partial charge in [0.15, 0.2) is 0 Å². The molecule has 1 aromatic carbocycles. The monoisotopic (exact) mass is 328 g/mol. The minimum absolute atomic E-state index is 0. The van der Waals surface area contributed by atoms with Gasteiger partial charge in [-0.05, 0) is 18.2 Å². The maximum atomic E-state index is 10.5. The van der Waals surface area contributed by atoms with Gasteiger partial charge in [0.2, 0.25) is 0 Å². The Labute approximate surface area is 127 Å².